The first-order valence-corrected chi connectivity index (χ1v) is 4.94. The maximum absolute atomic E-state index is 3.32. The lowest BCUT2D eigenvalue weighted by molar-refractivity contribution is 0.625. The van der Waals surface area contributed by atoms with Crippen molar-refractivity contribution in [1.82, 2.24) is 5.32 Å². The molecule has 0 amide bonds. The van der Waals surface area contributed by atoms with Gasteiger partial charge >= 0.3 is 0 Å². The topological polar surface area (TPSA) is 12.0 Å². The Morgan fingerprint density at radius 1 is 1.67 bits per heavy atom. The Balaban J connectivity index is 2.37. The Bertz CT molecular complexity index is 266. The Morgan fingerprint density at radius 2 is 2.50 bits per heavy atom. The summed E-state index contributed by atoms with van der Waals surface area (Å²) in [6.07, 6.45) is 0. The van der Waals surface area contributed by atoms with Crippen LogP contribution in [-0.4, -0.2) is 6.54 Å². The first kappa shape index (κ1) is 9.31. The molecule has 0 saturated heterocycles. The van der Waals surface area contributed by atoms with Crippen molar-refractivity contribution >= 4 is 11.3 Å². The van der Waals surface area contributed by atoms with Gasteiger partial charge in [-0.15, -0.1) is 5.92 Å². The molecule has 1 atom stereocenters. The molecular weight excluding hydrogens is 166 g/mol. The minimum Gasteiger partial charge on any atom is -0.300 e. The van der Waals surface area contributed by atoms with E-state index in [0.29, 0.717) is 6.04 Å². The summed E-state index contributed by atoms with van der Waals surface area (Å²) >= 11 is 1.73. The van der Waals surface area contributed by atoms with Crippen LogP contribution in [0.25, 0.3) is 0 Å². The summed E-state index contributed by atoms with van der Waals surface area (Å²) in [5.41, 5.74) is 1.35. The van der Waals surface area contributed by atoms with Gasteiger partial charge in [-0.2, -0.15) is 11.3 Å². The van der Waals surface area contributed by atoms with Gasteiger partial charge in [0.1, 0.15) is 0 Å². The fourth-order valence-corrected chi connectivity index (χ4v) is 1.69. The number of thiophene rings is 1. The van der Waals surface area contributed by atoms with E-state index < -0.39 is 0 Å². The normalized spacial score (nSPS) is 11.8. The maximum atomic E-state index is 3.32. The Labute approximate surface area is 77.8 Å². The largest absolute Gasteiger partial charge is 0.300 e. The monoisotopic (exact) mass is 179 g/mol. The average molecular weight is 179 g/mol. The van der Waals surface area contributed by atoms with Gasteiger partial charge in [0, 0.05) is 6.04 Å². The first-order chi connectivity index (χ1) is 5.84. The highest BCUT2D eigenvalue weighted by Gasteiger charge is 2.02. The molecule has 2 heteroatoms. The molecule has 1 N–H and O–H groups in total. The molecule has 1 heterocycles. The molecule has 1 aromatic heterocycles. The van der Waals surface area contributed by atoms with Crippen molar-refractivity contribution in [2.24, 2.45) is 0 Å². The SMILES string of the molecule is CC#CCNC(C)c1ccsc1. The van der Waals surface area contributed by atoms with Gasteiger partial charge in [-0.3, -0.25) is 5.32 Å². The van der Waals surface area contributed by atoms with Gasteiger partial charge in [0.15, 0.2) is 0 Å². The maximum Gasteiger partial charge on any atom is 0.0581 e. The van der Waals surface area contributed by atoms with E-state index in [1.54, 1.807) is 11.3 Å². The van der Waals surface area contributed by atoms with Crippen molar-refractivity contribution < 1.29 is 0 Å². The van der Waals surface area contributed by atoms with E-state index in [1.165, 1.54) is 5.56 Å². The number of nitrogens with one attached hydrogen (secondary N) is 1. The van der Waals surface area contributed by atoms with Crippen LogP contribution < -0.4 is 5.32 Å². The molecule has 1 aromatic rings. The Morgan fingerprint density at radius 3 is 3.08 bits per heavy atom. The summed E-state index contributed by atoms with van der Waals surface area (Å²) in [4.78, 5) is 0. The molecule has 0 saturated carbocycles. The lowest BCUT2D eigenvalue weighted by atomic mass is 10.2. The molecule has 1 rings (SSSR count). The van der Waals surface area contributed by atoms with E-state index in [0.717, 1.165) is 6.54 Å². The molecule has 12 heavy (non-hydrogen) atoms. The standard InChI is InChI=1S/C10H13NS/c1-3-4-6-11-9(2)10-5-7-12-8-10/h5,7-9,11H,6H2,1-2H3. The highest BCUT2D eigenvalue weighted by Crippen LogP contribution is 2.14. The van der Waals surface area contributed by atoms with Crippen molar-refractivity contribution in [3.05, 3.63) is 22.4 Å². The van der Waals surface area contributed by atoms with Crippen LogP contribution in [0, 0.1) is 11.8 Å². The highest BCUT2D eigenvalue weighted by molar-refractivity contribution is 7.07. The smallest absolute Gasteiger partial charge is 0.0581 e. The second kappa shape index (κ2) is 4.97. The molecule has 64 valence electrons. The molecule has 0 bridgehead atoms. The summed E-state index contributed by atoms with van der Waals surface area (Å²) < 4.78 is 0. The predicted molar refractivity (Wildman–Crippen MR) is 54.2 cm³/mol. The fraction of sp³-hybridized carbons (Fsp3) is 0.400. The van der Waals surface area contributed by atoms with Crippen molar-refractivity contribution in [2.45, 2.75) is 19.9 Å². The predicted octanol–water partition coefficient (Wildman–Crippen LogP) is 2.42. The minimum absolute atomic E-state index is 0.414. The van der Waals surface area contributed by atoms with Gasteiger partial charge in [0.25, 0.3) is 0 Å². The van der Waals surface area contributed by atoms with Crippen molar-refractivity contribution in [3.63, 3.8) is 0 Å². The molecule has 0 aliphatic carbocycles. The van der Waals surface area contributed by atoms with Gasteiger partial charge in [0.2, 0.25) is 0 Å². The lowest BCUT2D eigenvalue weighted by Gasteiger charge is -2.08. The second-order valence-corrected chi connectivity index (χ2v) is 3.37. The summed E-state index contributed by atoms with van der Waals surface area (Å²) in [6.45, 7) is 4.78. The van der Waals surface area contributed by atoms with E-state index in [4.69, 9.17) is 0 Å². The zero-order valence-electron chi connectivity index (χ0n) is 7.42. The van der Waals surface area contributed by atoms with Gasteiger partial charge in [-0.25, -0.2) is 0 Å². The van der Waals surface area contributed by atoms with E-state index in [-0.39, 0.29) is 0 Å². The first-order valence-electron chi connectivity index (χ1n) is 3.99. The third-order valence-electron chi connectivity index (χ3n) is 1.72. The third-order valence-corrected chi connectivity index (χ3v) is 2.42. The van der Waals surface area contributed by atoms with E-state index >= 15 is 0 Å². The molecule has 0 aliphatic rings. The molecule has 1 unspecified atom stereocenters. The summed E-state index contributed by atoms with van der Waals surface area (Å²) in [5.74, 6) is 5.84. The zero-order valence-corrected chi connectivity index (χ0v) is 8.24. The van der Waals surface area contributed by atoms with Crippen LogP contribution in [0.2, 0.25) is 0 Å². The summed E-state index contributed by atoms with van der Waals surface area (Å²) in [6, 6.07) is 2.55. The van der Waals surface area contributed by atoms with Crippen LogP contribution in [0.15, 0.2) is 16.8 Å². The van der Waals surface area contributed by atoms with Crippen LogP contribution in [0.4, 0.5) is 0 Å². The van der Waals surface area contributed by atoms with Gasteiger partial charge in [0.05, 0.1) is 6.54 Å². The van der Waals surface area contributed by atoms with Crippen LogP contribution in [0.1, 0.15) is 25.5 Å². The minimum atomic E-state index is 0.414. The quantitative estimate of drug-likeness (QED) is 0.703. The van der Waals surface area contributed by atoms with Crippen molar-refractivity contribution in [3.8, 4) is 11.8 Å². The molecule has 0 spiro atoms. The molecule has 0 aromatic carbocycles. The summed E-state index contributed by atoms with van der Waals surface area (Å²) in [5, 5.41) is 7.58. The van der Waals surface area contributed by atoms with E-state index in [2.05, 4.69) is 40.9 Å². The van der Waals surface area contributed by atoms with Crippen molar-refractivity contribution in [2.75, 3.05) is 6.54 Å². The van der Waals surface area contributed by atoms with E-state index in [9.17, 15) is 0 Å². The van der Waals surface area contributed by atoms with Gasteiger partial charge in [-0.1, -0.05) is 5.92 Å². The fourth-order valence-electron chi connectivity index (χ4n) is 0.932. The highest BCUT2D eigenvalue weighted by atomic mass is 32.1. The van der Waals surface area contributed by atoms with Crippen LogP contribution in [0.3, 0.4) is 0 Å². The average Bonchev–Trinajstić information content (AvgIpc) is 2.56. The third kappa shape index (κ3) is 2.69. The summed E-state index contributed by atoms with van der Waals surface area (Å²) in [7, 11) is 0. The van der Waals surface area contributed by atoms with Crippen LogP contribution >= 0.6 is 11.3 Å². The van der Waals surface area contributed by atoms with Crippen LogP contribution in [0.5, 0.6) is 0 Å². The van der Waals surface area contributed by atoms with Crippen molar-refractivity contribution in [1.29, 1.82) is 0 Å². The molecule has 0 fully saturated rings. The van der Waals surface area contributed by atoms with Crippen LogP contribution in [-0.2, 0) is 0 Å². The molecule has 0 aliphatic heterocycles. The number of hydrogen-bond acceptors (Lipinski definition) is 2. The number of hydrogen-bond donors (Lipinski definition) is 1. The molecule has 0 radical (unpaired) electrons. The Kier molecular flexibility index (Phi) is 3.86. The van der Waals surface area contributed by atoms with Gasteiger partial charge < -0.3 is 0 Å². The molecular formula is C10H13NS. The Hall–Kier alpha value is -0.780. The number of rotatable bonds is 3. The van der Waals surface area contributed by atoms with E-state index in [1.807, 2.05) is 6.92 Å². The van der Waals surface area contributed by atoms with Gasteiger partial charge in [-0.05, 0) is 36.2 Å². The lowest BCUT2D eigenvalue weighted by Crippen LogP contribution is -2.18. The zero-order chi connectivity index (χ0) is 8.81. The molecule has 1 nitrogen and oxygen atoms in total. The second-order valence-electron chi connectivity index (χ2n) is 2.59.